The lowest BCUT2D eigenvalue weighted by atomic mass is 10.2. The fraction of sp³-hybridized carbons (Fsp3) is 0.667. The minimum absolute atomic E-state index is 0.191. The SMILES string of the molecule is CC(NCCNC(=O)OC(C)(C)C)c1cscn1. The lowest BCUT2D eigenvalue weighted by Gasteiger charge is -2.20. The molecule has 1 rings (SSSR count). The third-order valence-corrected chi connectivity index (χ3v) is 2.74. The lowest BCUT2D eigenvalue weighted by molar-refractivity contribution is 0.0528. The first kappa shape index (κ1) is 14.9. The van der Waals surface area contributed by atoms with Crippen LogP contribution in [0.2, 0.25) is 0 Å². The second kappa shape index (κ2) is 6.70. The predicted molar refractivity (Wildman–Crippen MR) is 72.8 cm³/mol. The van der Waals surface area contributed by atoms with Crippen LogP contribution in [0.25, 0.3) is 0 Å². The van der Waals surface area contributed by atoms with Gasteiger partial charge in [-0.2, -0.15) is 0 Å². The van der Waals surface area contributed by atoms with Crippen molar-refractivity contribution in [3.63, 3.8) is 0 Å². The van der Waals surface area contributed by atoms with Crippen LogP contribution in [0, 0.1) is 0 Å². The zero-order chi connectivity index (χ0) is 13.6. The average molecular weight is 271 g/mol. The highest BCUT2D eigenvalue weighted by Crippen LogP contribution is 2.11. The Morgan fingerprint density at radius 3 is 2.78 bits per heavy atom. The number of carbonyl (C=O) groups is 1. The summed E-state index contributed by atoms with van der Waals surface area (Å²) in [6.45, 7) is 8.78. The second-order valence-electron chi connectivity index (χ2n) is 5.02. The number of thiazole rings is 1. The van der Waals surface area contributed by atoms with Crippen LogP contribution in [0.1, 0.15) is 39.4 Å². The lowest BCUT2D eigenvalue weighted by Crippen LogP contribution is -2.36. The molecule has 0 aliphatic carbocycles. The molecule has 1 unspecified atom stereocenters. The van der Waals surface area contributed by atoms with Gasteiger partial charge in [-0.1, -0.05) is 0 Å². The number of rotatable bonds is 5. The van der Waals surface area contributed by atoms with Crippen LogP contribution in [-0.2, 0) is 4.74 Å². The maximum atomic E-state index is 11.4. The van der Waals surface area contributed by atoms with Gasteiger partial charge in [-0.15, -0.1) is 11.3 Å². The summed E-state index contributed by atoms with van der Waals surface area (Å²) in [6, 6.07) is 0.191. The van der Waals surface area contributed by atoms with Crippen LogP contribution in [-0.4, -0.2) is 29.8 Å². The van der Waals surface area contributed by atoms with Crippen molar-refractivity contribution in [3.05, 3.63) is 16.6 Å². The largest absolute Gasteiger partial charge is 0.444 e. The van der Waals surface area contributed by atoms with Gasteiger partial charge < -0.3 is 15.4 Å². The van der Waals surface area contributed by atoms with Crippen LogP contribution in [0.5, 0.6) is 0 Å². The Balaban J connectivity index is 2.14. The molecule has 1 amide bonds. The van der Waals surface area contributed by atoms with E-state index in [9.17, 15) is 4.79 Å². The van der Waals surface area contributed by atoms with E-state index in [-0.39, 0.29) is 12.1 Å². The number of alkyl carbamates (subject to hydrolysis) is 1. The van der Waals surface area contributed by atoms with Crippen molar-refractivity contribution in [1.29, 1.82) is 0 Å². The van der Waals surface area contributed by atoms with Gasteiger partial charge in [0.05, 0.1) is 11.2 Å². The maximum absolute atomic E-state index is 11.4. The molecule has 2 N–H and O–H groups in total. The Morgan fingerprint density at radius 1 is 1.50 bits per heavy atom. The Morgan fingerprint density at radius 2 is 2.22 bits per heavy atom. The zero-order valence-electron chi connectivity index (χ0n) is 11.3. The number of amides is 1. The van der Waals surface area contributed by atoms with E-state index in [2.05, 4.69) is 15.6 Å². The summed E-state index contributed by atoms with van der Waals surface area (Å²) in [7, 11) is 0. The van der Waals surface area contributed by atoms with E-state index in [1.54, 1.807) is 11.3 Å². The highest BCUT2D eigenvalue weighted by molar-refractivity contribution is 7.07. The first-order chi connectivity index (χ1) is 8.38. The molecule has 0 aromatic carbocycles. The number of nitrogens with one attached hydrogen (secondary N) is 2. The van der Waals surface area contributed by atoms with E-state index in [1.165, 1.54) is 0 Å². The number of ether oxygens (including phenoxy) is 1. The molecule has 0 aliphatic heterocycles. The van der Waals surface area contributed by atoms with Crippen molar-refractivity contribution in [3.8, 4) is 0 Å². The van der Waals surface area contributed by atoms with Gasteiger partial charge >= 0.3 is 6.09 Å². The minimum Gasteiger partial charge on any atom is -0.444 e. The zero-order valence-corrected chi connectivity index (χ0v) is 12.1. The first-order valence-corrected chi connectivity index (χ1v) is 6.91. The number of carbonyl (C=O) groups excluding carboxylic acids is 1. The van der Waals surface area contributed by atoms with Gasteiger partial charge in [0.15, 0.2) is 0 Å². The Hall–Kier alpha value is -1.14. The molecule has 0 saturated heterocycles. The molecule has 0 bridgehead atoms. The molecule has 1 atom stereocenters. The van der Waals surface area contributed by atoms with Crippen molar-refractivity contribution in [2.45, 2.75) is 39.3 Å². The molecule has 1 heterocycles. The van der Waals surface area contributed by atoms with Crippen molar-refractivity contribution < 1.29 is 9.53 Å². The standard InChI is InChI=1S/C12H21N3O2S/c1-9(10-7-18-8-15-10)13-5-6-14-11(16)17-12(2,3)4/h7-9,13H,5-6H2,1-4H3,(H,14,16). The van der Waals surface area contributed by atoms with E-state index in [0.717, 1.165) is 5.69 Å². The topological polar surface area (TPSA) is 63.2 Å². The van der Waals surface area contributed by atoms with Gasteiger partial charge in [0.2, 0.25) is 0 Å². The Kier molecular flexibility index (Phi) is 5.55. The van der Waals surface area contributed by atoms with Gasteiger partial charge in [0.1, 0.15) is 5.60 Å². The minimum atomic E-state index is -0.453. The third kappa shape index (κ3) is 5.97. The Bertz CT molecular complexity index is 360. The van der Waals surface area contributed by atoms with Crippen LogP contribution < -0.4 is 10.6 Å². The molecule has 5 nitrogen and oxygen atoms in total. The van der Waals surface area contributed by atoms with Crippen molar-refractivity contribution >= 4 is 17.4 Å². The molecule has 6 heteroatoms. The van der Waals surface area contributed by atoms with E-state index in [0.29, 0.717) is 13.1 Å². The molecule has 1 aromatic rings. The fourth-order valence-corrected chi connectivity index (χ4v) is 1.96. The van der Waals surface area contributed by atoms with Crippen LogP contribution >= 0.6 is 11.3 Å². The van der Waals surface area contributed by atoms with Gasteiger partial charge in [-0.05, 0) is 27.7 Å². The number of hydrogen-bond donors (Lipinski definition) is 2. The van der Waals surface area contributed by atoms with E-state index in [1.807, 2.05) is 38.6 Å². The molecule has 0 fully saturated rings. The predicted octanol–water partition coefficient (Wildman–Crippen LogP) is 2.32. The monoisotopic (exact) mass is 271 g/mol. The highest BCUT2D eigenvalue weighted by atomic mass is 32.1. The highest BCUT2D eigenvalue weighted by Gasteiger charge is 2.15. The van der Waals surface area contributed by atoms with Crippen molar-refractivity contribution in [2.24, 2.45) is 0 Å². The molecule has 0 saturated carbocycles. The maximum Gasteiger partial charge on any atom is 0.407 e. The average Bonchev–Trinajstić information content (AvgIpc) is 2.74. The molecule has 0 spiro atoms. The van der Waals surface area contributed by atoms with Gasteiger partial charge in [-0.3, -0.25) is 0 Å². The smallest absolute Gasteiger partial charge is 0.407 e. The third-order valence-electron chi connectivity index (χ3n) is 2.14. The van der Waals surface area contributed by atoms with Crippen molar-refractivity contribution in [2.75, 3.05) is 13.1 Å². The summed E-state index contributed by atoms with van der Waals surface area (Å²) >= 11 is 1.58. The molecule has 102 valence electrons. The van der Waals surface area contributed by atoms with E-state index < -0.39 is 5.60 Å². The molecular formula is C12H21N3O2S. The van der Waals surface area contributed by atoms with Gasteiger partial charge in [0, 0.05) is 24.5 Å². The molecule has 0 aliphatic rings. The molecule has 1 aromatic heterocycles. The van der Waals surface area contributed by atoms with E-state index in [4.69, 9.17) is 4.74 Å². The summed E-state index contributed by atoms with van der Waals surface area (Å²) in [6.07, 6.45) is -0.384. The normalized spacial score (nSPS) is 13.1. The van der Waals surface area contributed by atoms with E-state index >= 15 is 0 Å². The molecular weight excluding hydrogens is 250 g/mol. The van der Waals surface area contributed by atoms with Gasteiger partial charge in [-0.25, -0.2) is 9.78 Å². The van der Waals surface area contributed by atoms with Crippen LogP contribution in [0.3, 0.4) is 0 Å². The van der Waals surface area contributed by atoms with Crippen LogP contribution in [0.15, 0.2) is 10.9 Å². The summed E-state index contributed by atoms with van der Waals surface area (Å²) < 4.78 is 5.13. The summed E-state index contributed by atoms with van der Waals surface area (Å²) in [5.74, 6) is 0. The fourth-order valence-electron chi connectivity index (χ4n) is 1.31. The summed E-state index contributed by atoms with van der Waals surface area (Å²) in [5, 5.41) is 7.99. The van der Waals surface area contributed by atoms with Gasteiger partial charge in [0.25, 0.3) is 0 Å². The summed E-state index contributed by atoms with van der Waals surface area (Å²) in [5.41, 5.74) is 2.38. The molecule has 18 heavy (non-hydrogen) atoms. The first-order valence-electron chi connectivity index (χ1n) is 5.97. The quantitative estimate of drug-likeness (QED) is 0.807. The second-order valence-corrected chi connectivity index (χ2v) is 5.74. The van der Waals surface area contributed by atoms with Crippen LogP contribution in [0.4, 0.5) is 4.79 Å². The molecule has 0 radical (unpaired) electrons. The Labute approximate surface area is 112 Å². The number of nitrogens with zero attached hydrogens (tertiary/aromatic N) is 1. The number of aromatic nitrogens is 1. The summed E-state index contributed by atoms with van der Waals surface area (Å²) in [4.78, 5) is 15.6. The van der Waals surface area contributed by atoms with Crippen molar-refractivity contribution in [1.82, 2.24) is 15.6 Å². The number of hydrogen-bond acceptors (Lipinski definition) is 5.